The van der Waals surface area contributed by atoms with Crippen molar-refractivity contribution in [1.82, 2.24) is 20.1 Å². The molecule has 2 aromatic heterocycles. The normalized spacial score (nSPS) is 17.3. The number of aryl methyl sites for hydroxylation is 2. The van der Waals surface area contributed by atoms with Crippen LogP contribution in [0.25, 0.3) is 10.9 Å². The largest absolute Gasteiger partial charge is 0.355 e. The number of rotatable bonds is 3. The number of aromatic nitrogens is 3. The molecule has 1 aliphatic rings. The summed E-state index contributed by atoms with van der Waals surface area (Å²) in [6, 6.07) is 11.4. The minimum atomic E-state index is -0.185. The van der Waals surface area contributed by atoms with Crippen molar-refractivity contribution in [3.05, 3.63) is 52.8 Å². The summed E-state index contributed by atoms with van der Waals surface area (Å²) in [5, 5.41) is 8.94. The van der Waals surface area contributed by atoms with Gasteiger partial charge in [-0.25, -0.2) is 4.98 Å². The molecule has 1 amide bonds. The summed E-state index contributed by atoms with van der Waals surface area (Å²) in [5.74, 6) is 0.897. The first kappa shape index (κ1) is 17.8. The van der Waals surface area contributed by atoms with Crippen molar-refractivity contribution in [2.75, 3.05) is 18.0 Å². The van der Waals surface area contributed by atoms with Crippen LogP contribution in [0.15, 0.2) is 36.4 Å². The van der Waals surface area contributed by atoms with Gasteiger partial charge in [0.05, 0.1) is 16.2 Å². The fourth-order valence-corrected chi connectivity index (χ4v) is 3.97. The summed E-state index contributed by atoms with van der Waals surface area (Å²) in [6.45, 7) is 3.71. The molecule has 1 N–H and O–H groups in total. The van der Waals surface area contributed by atoms with E-state index in [2.05, 4.69) is 26.4 Å². The van der Waals surface area contributed by atoms with Gasteiger partial charge in [0.15, 0.2) is 0 Å². The number of para-hydroxylation sites is 1. The predicted molar refractivity (Wildman–Crippen MR) is 107 cm³/mol. The molecule has 7 heteroatoms. The molecule has 0 saturated carbocycles. The van der Waals surface area contributed by atoms with Crippen molar-refractivity contribution in [3.63, 3.8) is 0 Å². The molecule has 140 valence electrons. The molecule has 1 aliphatic heterocycles. The number of carbonyl (C=O) groups is 1. The van der Waals surface area contributed by atoms with Crippen molar-refractivity contribution in [2.45, 2.75) is 25.8 Å². The molecule has 1 saturated heterocycles. The third-order valence-corrected chi connectivity index (χ3v) is 5.27. The molecule has 6 nitrogen and oxygen atoms in total. The van der Waals surface area contributed by atoms with Crippen LogP contribution in [0.4, 0.5) is 5.82 Å². The standard InChI is InChI=1S/C20H22ClN5O/c1-13-10-19(25(2)24-13)26-9-5-6-14(12-26)22-20(27)18-11-16(21)15-7-3-4-8-17(15)23-18/h3-4,7-8,10-11,14H,5-6,9,12H2,1-2H3,(H,22,27). The lowest BCUT2D eigenvalue weighted by atomic mass is 10.1. The van der Waals surface area contributed by atoms with E-state index in [1.165, 1.54) is 0 Å². The van der Waals surface area contributed by atoms with E-state index < -0.39 is 0 Å². The highest BCUT2D eigenvalue weighted by Gasteiger charge is 2.24. The lowest BCUT2D eigenvalue weighted by Crippen LogP contribution is -2.48. The van der Waals surface area contributed by atoms with Gasteiger partial charge in [-0.3, -0.25) is 9.48 Å². The van der Waals surface area contributed by atoms with Crippen LogP contribution in [0.5, 0.6) is 0 Å². The monoisotopic (exact) mass is 383 g/mol. The number of hydrogen-bond donors (Lipinski definition) is 1. The number of hydrogen-bond acceptors (Lipinski definition) is 4. The number of piperidine rings is 1. The van der Waals surface area contributed by atoms with E-state index in [9.17, 15) is 4.79 Å². The zero-order valence-electron chi connectivity index (χ0n) is 15.4. The van der Waals surface area contributed by atoms with Gasteiger partial charge in [0.25, 0.3) is 5.91 Å². The number of nitrogens with zero attached hydrogens (tertiary/aromatic N) is 4. The Balaban J connectivity index is 1.50. The third-order valence-electron chi connectivity index (χ3n) is 4.96. The zero-order chi connectivity index (χ0) is 19.0. The Labute approximate surface area is 163 Å². The minimum Gasteiger partial charge on any atom is -0.355 e. The summed E-state index contributed by atoms with van der Waals surface area (Å²) in [6.07, 6.45) is 1.96. The van der Waals surface area contributed by atoms with Crippen molar-refractivity contribution >= 4 is 34.2 Å². The first-order chi connectivity index (χ1) is 13.0. The van der Waals surface area contributed by atoms with Gasteiger partial charge in [0.1, 0.15) is 11.5 Å². The van der Waals surface area contributed by atoms with Crippen LogP contribution >= 0.6 is 11.6 Å². The minimum absolute atomic E-state index is 0.0634. The molecule has 3 aromatic rings. The zero-order valence-corrected chi connectivity index (χ0v) is 16.2. The van der Waals surface area contributed by atoms with Crippen molar-refractivity contribution in [1.29, 1.82) is 0 Å². The van der Waals surface area contributed by atoms with Crippen LogP contribution in [0.2, 0.25) is 5.02 Å². The number of pyridine rings is 1. The van der Waals surface area contributed by atoms with Gasteiger partial charge in [-0.2, -0.15) is 5.10 Å². The number of amides is 1. The average Bonchev–Trinajstić information content (AvgIpc) is 3.00. The summed E-state index contributed by atoms with van der Waals surface area (Å²) >= 11 is 6.33. The van der Waals surface area contributed by atoms with Crippen molar-refractivity contribution in [2.24, 2.45) is 7.05 Å². The van der Waals surface area contributed by atoms with Crippen LogP contribution in [0.1, 0.15) is 29.0 Å². The highest BCUT2D eigenvalue weighted by atomic mass is 35.5. The summed E-state index contributed by atoms with van der Waals surface area (Å²) in [5.41, 5.74) is 2.08. The Morgan fingerprint density at radius 2 is 2.11 bits per heavy atom. The molecule has 0 spiro atoms. The number of benzene rings is 1. The molecule has 4 rings (SSSR count). The quantitative estimate of drug-likeness (QED) is 0.753. The van der Waals surface area contributed by atoms with Crippen LogP contribution in [0.3, 0.4) is 0 Å². The molecule has 3 heterocycles. The van der Waals surface area contributed by atoms with Crippen LogP contribution in [-0.2, 0) is 7.05 Å². The maximum Gasteiger partial charge on any atom is 0.270 e. The van der Waals surface area contributed by atoms with E-state index in [1.807, 2.05) is 42.9 Å². The van der Waals surface area contributed by atoms with Gasteiger partial charge in [0, 0.05) is 37.6 Å². The number of halogens is 1. The number of nitrogens with one attached hydrogen (secondary N) is 1. The smallest absolute Gasteiger partial charge is 0.270 e. The molecule has 1 fully saturated rings. The predicted octanol–water partition coefficient (Wildman–Crippen LogP) is 3.33. The van der Waals surface area contributed by atoms with Crippen LogP contribution < -0.4 is 10.2 Å². The Hall–Kier alpha value is -2.60. The molecular formula is C20H22ClN5O. The van der Waals surface area contributed by atoms with Crippen LogP contribution in [-0.4, -0.2) is 39.8 Å². The second-order valence-corrected chi connectivity index (χ2v) is 7.44. The van der Waals surface area contributed by atoms with E-state index in [1.54, 1.807) is 6.07 Å². The summed E-state index contributed by atoms with van der Waals surface area (Å²) in [4.78, 5) is 19.5. The summed E-state index contributed by atoms with van der Waals surface area (Å²) < 4.78 is 1.89. The number of fused-ring (bicyclic) bond motifs is 1. The molecule has 1 unspecified atom stereocenters. The van der Waals surface area contributed by atoms with E-state index in [-0.39, 0.29) is 11.9 Å². The number of carbonyl (C=O) groups excluding carboxylic acids is 1. The van der Waals surface area contributed by atoms with Gasteiger partial charge in [0.2, 0.25) is 0 Å². The van der Waals surface area contributed by atoms with Gasteiger partial charge < -0.3 is 10.2 Å². The highest BCUT2D eigenvalue weighted by Crippen LogP contribution is 2.24. The second-order valence-electron chi connectivity index (χ2n) is 7.03. The third kappa shape index (κ3) is 3.62. The van der Waals surface area contributed by atoms with Gasteiger partial charge >= 0.3 is 0 Å². The molecular weight excluding hydrogens is 362 g/mol. The van der Waals surface area contributed by atoms with Gasteiger partial charge in [-0.1, -0.05) is 29.8 Å². The van der Waals surface area contributed by atoms with E-state index in [0.29, 0.717) is 10.7 Å². The van der Waals surface area contributed by atoms with E-state index >= 15 is 0 Å². The van der Waals surface area contributed by atoms with Crippen molar-refractivity contribution in [3.8, 4) is 0 Å². The van der Waals surface area contributed by atoms with Gasteiger partial charge in [-0.05, 0) is 31.9 Å². The maximum absolute atomic E-state index is 12.8. The van der Waals surface area contributed by atoms with Crippen LogP contribution in [0, 0.1) is 6.92 Å². The Bertz CT molecular complexity index is 999. The van der Waals surface area contributed by atoms with Gasteiger partial charge in [-0.15, -0.1) is 0 Å². The summed E-state index contributed by atoms with van der Waals surface area (Å²) in [7, 11) is 1.95. The second kappa shape index (κ2) is 7.19. The molecule has 0 bridgehead atoms. The highest BCUT2D eigenvalue weighted by molar-refractivity contribution is 6.35. The maximum atomic E-state index is 12.8. The molecule has 0 aliphatic carbocycles. The lowest BCUT2D eigenvalue weighted by Gasteiger charge is -2.34. The Morgan fingerprint density at radius 3 is 2.89 bits per heavy atom. The fourth-order valence-electron chi connectivity index (χ4n) is 3.70. The number of anilines is 1. The molecule has 1 atom stereocenters. The molecule has 1 aromatic carbocycles. The molecule has 0 radical (unpaired) electrons. The molecule has 27 heavy (non-hydrogen) atoms. The first-order valence-corrected chi connectivity index (χ1v) is 9.51. The topological polar surface area (TPSA) is 63.1 Å². The average molecular weight is 384 g/mol. The Kier molecular flexibility index (Phi) is 4.74. The first-order valence-electron chi connectivity index (χ1n) is 9.13. The van der Waals surface area contributed by atoms with E-state index in [4.69, 9.17) is 11.6 Å². The lowest BCUT2D eigenvalue weighted by molar-refractivity contribution is 0.0928. The Morgan fingerprint density at radius 1 is 1.30 bits per heavy atom. The fraction of sp³-hybridized carbons (Fsp3) is 0.350. The van der Waals surface area contributed by atoms with Crippen molar-refractivity contribution < 1.29 is 4.79 Å². The van der Waals surface area contributed by atoms with E-state index in [0.717, 1.165) is 48.3 Å². The SMILES string of the molecule is Cc1cc(N2CCCC(NC(=O)c3cc(Cl)c4ccccc4n3)C2)n(C)n1.